The van der Waals surface area contributed by atoms with Crippen molar-refractivity contribution in [3.63, 3.8) is 0 Å². The van der Waals surface area contributed by atoms with Gasteiger partial charge in [-0.25, -0.2) is 0 Å². The summed E-state index contributed by atoms with van der Waals surface area (Å²) >= 11 is 0. The number of carbonyl (C=O) groups excluding carboxylic acids is 1. The summed E-state index contributed by atoms with van der Waals surface area (Å²) in [4.78, 5) is 14.4. The Labute approximate surface area is 128 Å². The van der Waals surface area contributed by atoms with E-state index in [9.17, 15) is 4.79 Å². The Morgan fingerprint density at radius 2 is 1.81 bits per heavy atom. The van der Waals surface area contributed by atoms with E-state index in [1.807, 2.05) is 20.8 Å². The van der Waals surface area contributed by atoms with Crippen molar-refractivity contribution < 1.29 is 4.79 Å². The van der Waals surface area contributed by atoms with E-state index in [-0.39, 0.29) is 11.3 Å². The molecule has 0 unspecified atom stereocenters. The van der Waals surface area contributed by atoms with Crippen molar-refractivity contribution in [2.45, 2.75) is 40.2 Å². The Hall–Kier alpha value is -1.35. The Kier molecular flexibility index (Phi) is 5.40. The Morgan fingerprint density at radius 1 is 1.19 bits per heavy atom. The fourth-order valence-electron chi connectivity index (χ4n) is 2.69. The molecule has 0 atom stereocenters. The molecule has 0 spiro atoms. The predicted molar refractivity (Wildman–Crippen MR) is 86.9 cm³/mol. The van der Waals surface area contributed by atoms with Gasteiger partial charge in [0.15, 0.2) is 0 Å². The Morgan fingerprint density at radius 3 is 2.38 bits per heavy atom. The summed E-state index contributed by atoms with van der Waals surface area (Å²) in [5.41, 5.74) is 1.10. The molecule has 1 aromatic carbocycles. The summed E-state index contributed by atoms with van der Waals surface area (Å²) in [7, 11) is 0. The number of piperidine rings is 1. The molecule has 1 aliphatic heterocycles. The smallest absolute Gasteiger partial charge is 0.225 e. The lowest BCUT2D eigenvalue weighted by Crippen LogP contribution is -2.41. The van der Waals surface area contributed by atoms with Crippen molar-refractivity contribution in [1.29, 1.82) is 0 Å². The van der Waals surface area contributed by atoms with Gasteiger partial charge < -0.3 is 5.32 Å². The largest absolute Gasteiger partial charge is 0.355 e. The zero-order chi connectivity index (χ0) is 15.3. The van der Waals surface area contributed by atoms with Gasteiger partial charge in [0, 0.05) is 18.5 Å². The number of nitrogens with one attached hydrogen (secondary N) is 1. The lowest BCUT2D eigenvalue weighted by Gasteiger charge is -2.32. The highest BCUT2D eigenvalue weighted by molar-refractivity contribution is 5.81. The van der Waals surface area contributed by atoms with Crippen molar-refractivity contribution in [3.8, 4) is 0 Å². The van der Waals surface area contributed by atoms with Gasteiger partial charge in [-0.05, 0) is 37.4 Å². The van der Waals surface area contributed by atoms with Gasteiger partial charge in [0.1, 0.15) is 0 Å². The summed E-state index contributed by atoms with van der Waals surface area (Å²) in [5, 5.41) is 3.10. The molecule has 1 aliphatic rings. The van der Waals surface area contributed by atoms with Crippen LogP contribution >= 0.6 is 0 Å². The maximum Gasteiger partial charge on any atom is 0.225 e. The minimum Gasteiger partial charge on any atom is -0.355 e. The van der Waals surface area contributed by atoms with Crippen LogP contribution in [0.3, 0.4) is 0 Å². The molecule has 1 N–H and O–H groups in total. The maximum atomic E-state index is 11.9. The van der Waals surface area contributed by atoms with Crippen molar-refractivity contribution >= 4 is 5.91 Å². The van der Waals surface area contributed by atoms with E-state index in [2.05, 4.69) is 40.5 Å². The third-order valence-corrected chi connectivity index (χ3v) is 4.19. The third kappa shape index (κ3) is 5.16. The van der Waals surface area contributed by atoms with Crippen LogP contribution in [0, 0.1) is 11.3 Å². The molecule has 0 radical (unpaired) electrons. The molecule has 0 saturated carbocycles. The Bertz CT molecular complexity index is 442. The first-order chi connectivity index (χ1) is 9.95. The quantitative estimate of drug-likeness (QED) is 0.923. The minimum atomic E-state index is -0.284. The summed E-state index contributed by atoms with van der Waals surface area (Å²) < 4.78 is 0. The standard InChI is InChI=1S/C18H28N2O/c1-18(2,3)17(21)19-13-15-9-11-20(12-10-15)14-16-7-5-4-6-8-16/h4-8,15H,9-14H2,1-3H3,(H,19,21). The van der Waals surface area contributed by atoms with Gasteiger partial charge in [-0.2, -0.15) is 0 Å². The molecule has 1 heterocycles. The van der Waals surface area contributed by atoms with Crippen molar-refractivity contribution in [1.82, 2.24) is 10.2 Å². The molecular weight excluding hydrogens is 260 g/mol. The van der Waals surface area contributed by atoms with Crippen LogP contribution in [0.15, 0.2) is 30.3 Å². The first kappa shape index (κ1) is 16.0. The van der Waals surface area contributed by atoms with Gasteiger partial charge in [-0.3, -0.25) is 9.69 Å². The second kappa shape index (κ2) is 7.08. The topological polar surface area (TPSA) is 32.3 Å². The van der Waals surface area contributed by atoms with Crippen LogP contribution in [0.5, 0.6) is 0 Å². The summed E-state index contributed by atoms with van der Waals surface area (Å²) in [6.45, 7) is 10.0. The molecule has 1 aromatic rings. The van der Waals surface area contributed by atoms with Crippen LogP contribution in [0.25, 0.3) is 0 Å². The van der Waals surface area contributed by atoms with Gasteiger partial charge in [0.2, 0.25) is 5.91 Å². The lowest BCUT2D eigenvalue weighted by molar-refractivity contribution is -0.128. The lowest BCUT2D eigenvalue weighted by atomic mass is 9.93. The SMILES string of the molecule is CC(C)(C)C(=O)NCC1CCN(Cc2ccccc2)CC1. The van der Waals surface area contributed by atoms with Crippen molar-refractivity contribution in [3.05, 3.63) is 35.9 Å². The monoisotopic (exact) mass is 288 g/mol. The van der Waals surface area contributed by atoms with Crippen LogP contribution in [0.4, 0.5) is 0 Å². The van der Waals surface area contributed by atoms with Gasteiger partial charge in [-0.1, -0.05) is 51.1 Å². The fraction of sp³-hybridized carbons (Fsp3) is 0.611. The number of amides is 1. The minimum absolute atomic E-state index is 0.161. The van der Waals surface area contributed by atoms with Crippen LogP contribution in [0.1, 0.15) is 39.2 Å². The maximum absolute atomic E-state index is 11.9. The van der Waals surface area contributed by atoms with E-state index in [1.54, 1.807) is 0 Å². The van der Waals surface area contributed by atoms with Gasteiger partial charge >= 0.3 is 0 Å². The fourth-order valence-corrected chi connectivity index (χ4v) is 2.69. The van der Waals surface area contributed by atoms with Crippen LogP contribution < -0.4 is 5.32 Å². The van der Waals surface area contributed by atoms with Crippen molar-refractivity contribution in [2.24, 2.45) is 11.3 Å². The molecule has 1 saturated heterocycles. The molecular formula is C18H28N2O. The molecule has 0 bridgehead atoms. The van der Waals surface area contributed by atoms with E-state index >= 15 is 0 Å². The van der Waals surface area contributed by atoms with Crippen LogP contribution in [-0.2, 0) is 11.3 Å². The highest BCUT2D eigenvalue weighted by Gasteiger charge is 2.24. The number of benzene rings is 1. The van der Waals surface area contributed by atoms with Crippen molar-refractivity contribution in [2.75, 3.05) is 19.6 Å². The van der Waals surface area contributed by atoms with E-state index in [1.165, 1.54) is 18.4 Å². The predicted octanol–water partition coefficient (Wildman–Crippen LogP) is 3.06. The number of hydrogen-bond donors (Lipinski definition) is 1. The number of carbonyl (C=O) groups is 1. The zero-order valence-electron chi connectivity index (χ0n) is 13.6. The van der Waals surface area contributed by atoms with Crippen LogP contribution in [-0.4, -0.2) is 30.4 Å². The molecule has 3 nitrogen and oxygen atoms in total. The van der Waals surface area contributed by atoms with E-state index < -0.39 is 0 Å². The normalized spacial score (nSPS) is 17.7. The van der Waals surface area contributed by atoms with E-state index in [4.69, 9.17) is 0 Å². The summed E-state index contributed by atoms with van der Waals surface area (Å²) in [6.07, 6.45) is 2.36. The summed E-state index contributed by atoms with van der Waals surface area (Å²) in [6, 6.07) is 10.6. The zero-order valence-corrected chi connectivity index (χ0v) is 13.6. The third-order valence-electron chi connectivity index (χ3n) is 4.19. The number of likely N-dealkylation sites (tertiary alicyclic amines) is 1. The highest BCUT2D eigenvalue weighted by Crippen LogP contribution is 2.19. The number of nitrogens with zero attached hydrogens (tertiary/aromatic N) is 1. The highest BCUT2D eigenvalue weighted by atomic mass is 16.2. The second-order valence-electron chi connectivity index (χ2n) is 7.17. The van der Waals surface area contributed by atoms with E-state index in [0.29, 0.717) is 5.92 Å². The average Bonchev–Trinajstić information content (AvgIpc) is 2.46. The molecule has 2 rings (SSSR count). The van der Waals surface area contributed by atoms with Gasteiger partial charge in [-0.15, -0.1) is 0 Å². The second-order valence-corrected chi connectivity index (χ2v) is 7.17. The van der Waals surface area contributed by atoms with Gasteiger partial charge in [0.05, 0.1) is 0 Å². The first-order valence-electron chi connectivity index (χ1n) is 8.00. The molecule has 0 aromatic heterocycles. The molecule has 3 heteroatoms. The molecule has 1 amide bonds. The molecule has 116 valence electrons. The van der Waals surface area contributed by atoms with Gasteiger partial charge in [0.25, 0.3) is 0 Å². The molecule has 21 heavy (non-hydrogen) atoms. The number of rotatable bonds is 4. The summed E-state index contributed by atoms with van der Waals surface area (Å²) in [5.74, 6) is 0.789. The Balaban J connectivity index is 1.70. The molecule has 0 aliphatic carbocycles. The van der Waals surface area contributed by atoms with E-state index in [0.717, 1.165) is 26.2 Å². The number of hydrogen-bond acceptors (Lipinski definition) is 2. The molecule has 1 fully saturated rings. The first-order valence-corrected chi connectivity index (χ1v) is 8.00. The average molecular weight is 288 g/mol. The van der Waals surface area contributed by atoms with Crippen LogP contribution in [0.2, 0.25) is 0 Å².